The molecule has 3 rings (SSSR count). The minimum atomic E-state index is -1.28. The van der Waals surface area contributed by atoms with Crippen molar-refractivity contribution in [1.82, 2.24) is 0 Å². The predicted molar refractivity (Wildman–Crippen MR) is 48.4 cm³/mol. The molecule has 2 aliphatic rings. The van der Waals surface area contributed by atoms with E-state index in [0.29, 0.717) is 0 Å². The molecule has 2 nitrogen and oxygen atoms in total. The van der Waals surface area contributed by atoms with Crippen LogP contribution in [0.25, 0.3) is 0 Å². The molecule has 0 saturated carbocycles. The lowest BCUT2D eigenvalue weighted by molar-refractivity contribution is -0.189. The van der Waals surface area contributed by atoms with Gasteiger partial charge in [0.05, 0.1) is 0 Å². The molecule has 0 amide bonds. The third-order valence-corrected chi connectivity index (χ3v) is 2.92. The number of ether oxygens (including phenoxy) is 2. The summed E-state index contributed by atoms with van der Waals surface area (Å²) < 4.78 is 23.7. The Labute approximate surface area is 81.6 Å². The first-order valence-electron chi connectivity index (χ1n) is 4.84. The van der Waals surface area contributed by atoms with E-state index in [1.54, 1.807) is 0 Å². The fourth-order valence-electron chi connectivity index (χ4n) is 2.29. The number of hydrogen-bond acceptors (Lipinski definition) is 2. The van der Waals surface area contributed by atoms with E-state index in [-0.39, 0.29) is 6.61 Å². The van der Waals surface area contributed by atoms with Crippen LogP contribution < -0.4 is 0 Å². The molecule has 74 valence electrons. The molecule has 1 spiro atoms. The fraction of sp³-hybridized carbons (Fsp3) is 0.455. The minimum absolute atomic E-state index is 0.0499. The van der Waals surface area contributed by atoms with Gasteiger partial charge >= 0.3 is 0 Å². The van der Waals surface area contributed by atoms with Crippen LogP contribution in [0.5, 0.6) is 0 Å². The Bertz CT molecular complexity index is 362. The molecule has 0 aromatic heterocycles. The van der Waals surface area contributed by atoms with Crippen molar-refractivity contribution in [2.75, 3.05) is 6.61 Å². The SMILES string of the molecule is FC1COC2(CCc3ccccc32)O1. The summed E-state index contributed by atoms with van der Waals surface area (Å²) in [7, 11) is 0. The highest BCUT2D eigenvalue weighted by Crippen LogP contribution is 2.45. The number of hydrogen-bond donors (Lipinski definition) is 0. The first-order valence-corrected chi connectivity index (χ1v) is 4.84. The van der Waals surface area contributed by atoms with Gasteiger partial charge in [-0.3, -0.25) is 0 Å². The van der Waals surface area contributed by atoms with Crippen molar-refractivity contribution >= 4 is 0 Å². The van der Waals surface area contributed by atoms with E-state index in [1.807, 2.05) is 24.3 Å². The summed E-state index contributed by atoms with van der Waals surface area (Å²) in [5.41, 5.74) is 2.21. The maximum absolute atomic E-state index is 13.0. The van der Waals surface area contributed by atoms with Gasteiger partial charge in [-0.1, -0.05) is 24.3 Å². The molecule has 0 bridgehead atoms. The Morgan fingerprint density at radius 1 is 1.36 bits per heavy atom. The van der Waals surface area contributed by atoms with Crippen molar-refractivity contribution < 1.29 is 13.9 Å². The van der Waals surface area contributed by atoms with Crippen LogP contribution in [0.1, 0.15) is 17.5 Å². The lowest BCUT2D eigenvalue weighted by atomic mass is 10.1. The van der Waals surface area contributed by atoms with Gasteiger partial charge in [0.25, 0.3) is 0 Å². The second-order valence-corrected chi connectivity index (χ2v) is 3.75. The van der Waals surface area contributed by atoms with Crippen molar-refractivity contribution in [3.63, 3.8) is 0 Å². The van der Waals surface area contributed by atoms with Crippen LogP contribution in [-0.2, 0) is 21.7 Å². The van der Waals surface area contributed by atoms with Crippen LogP contribution in [0, 0.1) is 0 Å². The smallest absolute Gasteiger partial charge is 0.225 e. The molecule has 1 aromatic rings. The van der Waals surface area contributed by atoms with Gasteiger partial charge < -0.3 is 9.47 Å². The van der Waals surface area contributed by atoms with Crippen LogP contribution in [0.15, 0.2) is 24.3 Å². The van der Waals surface area contributed by atoms with E-state index in [2.05, 4.69) is 0 Å². The lowest BCUT2D eigenvalue weighted by Crippen LogP contribution is -2.24. The Hall–Kier alpha value is -0.930. The summed E-state index contributed by atoms with van der Waals surface area (Å²) in [6.45, 7) is 0.0499. The van der Waals surface area contributed by atoms with E-state index in [4.69, 9.17) is 9.47 Å². The number of halogens is 1. The number of alkyl halides is 1. The van der Waals surface area contributed by atoms with Crippen LogP contribution in [-0.4, -0.2) is 13.0 Å². The highest BCUT2D eigenvalue weighted by molar-refractivity contribution is 5.36. The molecular weight excluding hydrogens is 183 g/mol. The number of fused-ring (bicyclic) bond motifs is 2. The summed E-state index contributed by atoms with van der Waals surface area (Å²) in [6.07, 6.45) is 0.358. The maximum Gasteiger partial charge on any atom is 0.225 e. The molecule has 14 heavy (non-hydrogen) atoms. The predicted octanol–water partition coefficient (Wildman–Crippen LogP) is 2.13. The van der Waals surface area contributed by atoms with Crippen molar-refractivity contribution in [3.8, 4) is 0 Å². The lowest BCUT2D eigenvalue weighted by Gasteiger charge is -2.22. The normalized spacial score (nSPS) is 35.1. The van der Waals surface area contributed by atoms with Crippen LogP contribution in [0.3, 0.4) is 0 Å². The van der Waals surface area contributed by atoms with Gasteiger partial charge in [-0.2, -0.15) is 0 Å². The topological polar surface area (TPSA) is 18.5 Å². The largest absolute Gasteiger partial charge is 0.340 e. The van der Waals surface area contributed by atoms with Crippen LogP contribution in [0.4, 0.5) is 4.39 Å². The van der Waals surface area contributed by atoms with E-state index in [0.717, 1.165) is 18.4 Å². The van der Waals surface area contributed by atoms with E-state index >= 15 is 0 Å². The highest BCUT2D eigenvalue weighted by Gasteiger charge is 2.47. The fourth-order valence-corrected chi connectivity index (χ4v) is 2.29. The third kappa shape index (κ3) is 1.03. The molecule has 1 aromatic carbocycles. The first kappa shape index (κ1) is 8.38. The summed E-state index contributed by atoms with van der Waals surface area (Å²) in [5, 5.41) is 0. The molecule has 1 fully saturated rings. The second-order valence-electron chi connectivity index (χ2n) is 3.75. The molecule has 1 aliphatic heterocycles. The minimum Gasteiger partial charge on any atom is -0.340 e. The Kier molecular flexibility index (Phi) is 1.66. The van der Waals surface area contributed by atoms with E-state index < -0.39 is 12.1 Å². The van der Waals surface area contributed by atoms with Crippen molar-refractivity contribution in [3.05, 3.63) is 35.4 Å². The van der Waals surface area contributed by atoms with Gasteiger partial charge in [0.2, 0.25) is 6.36 Å². The van der Waals surface area contributed by atoms with Crippen molar-refractivity contribution in [1.29, 1.82) is 0 Å². The molecule has 2 unspecified atom stereocenters. The van der Waals surface area contributed by atoms with Gasteiger partial charge in [-0.25, -0.2) is 4.39 Å². The van der Waals surface area contributed by atoms with E-state index in [9.17, 15) is 4.39 Å². The highest BCUT2D eigenvalue weighted by atomic mass is 19.1. The van der Waals surface area contributed by atoms with E-state index in [1.165, 1.54) is 5.56 Å². The summed E-state index contributed by atoms with van der Waals surface area (Å²) >= 11 is 0. The first-order chi connectivity index (χ1) is 6.80. The standard InChI is InChI=1S/C11H11FO2/c12-10-7-13-11(14-10)6-5-8-3-1-2-4-9(8)11/h1-4,10H,5-7H2. The molecule has 3 heteroatoms. The monoisotopic (exact) mass is 194 g/mol. The summed E-state index contributed by atoms with van der Waals surface area (Å²) in [4.78, 5) is 0. The summed E-state index contributed by atoms with van der Waals surface area (Å²) in [6, 6.07) is 7.92. The zero-order valence-corrected chi connectivity index (χ0v) is 7.70. The van der Waals surface area contributed by atoms with Gasteiger partial charge in [0.15, 0.2) is 5.79 Å². The van der Waals surface area contributed by atoms with Crippen LogP contribution in [0.2, 0.25) is 0 Å². The second kappa shape index (κ2) is 2.78. The number of aryl methyl sites for hydroxylation is 1. The van der Waals surface area contributed by atoms with Gasteiger partial charge in [-0.05, 0) is 12.0 Å². The van der Waals surface area contributed by atoms with Gasteiger partial charge in [-0.15, -0.1) is 0 Å². The Morgan fingerprint density at radius 3 is 3.00 bits per heavy atom. The molecule has 0 N–H and O–H groups in total. The average Bonchev–Trinajstić information content (AvgIpc) is 2.75. The van der Waals surface area contributed by atoms with Gasteiger partial charge in [0, 0.05) is 12.0 Å². The maximum atomic E-state index is 13.0. The Balaban J connectivity index is 2.05. The molecule has 1 saturated heterocycles. The van der Waals surface area contributed by atoms with Crippen molar-refractivity contribution in [2.24, 2.45) is 0 Å². The molecule has 0 radical (unpaired) electrons. The zero-order chi connectivity index (χ0) is 9.60. The molecule has 1 heterocycles. The van der Waals surface area contributed by atoms with Crippen LogP contribution >= 0.6 is 0 Å². The van der Waals surface area contributed by atoms with Crippen molar-refractivity contribution in [2.45, 2.75) is 25.0 Å². The molecule has 1 aliphatic carbocycles. The quantitative estimate of drug-likeness (QED) is 0.629. The number of benzene rings is 1. The summed E-state index contributed by atoms with van der Waals surface area (Å²) in [5.74, 6) is -0.782. The van der Waals surface area contributed by atoms with Gasteiger partial charge in [0.1, 0.15) is 6.61 Å². The average molecular weight is 194 g/mol. The zero-order valence-electron chi connectivity index (χ0n) is 7.70. The Morgan fingerprint density at radius 2 is 2.21 bits per heavy atom. The third-order valence-electron chi connectivity index (χ3n) is 2.92. The molecule has 2 atom stereocenters. The number of rotatable bonds is 0. The molecular formula is C11H11FO2.